The molecule has 1 fully saturated rings. The highest BCUT2D eigenvalue weighted by atomic mass is 15.3. The maximum atomic E-state index is 4.01. The van der Waals surface area contributed by atoms with Gasteiger partial charge in [-0.25, -0.2) is 0 Å². The van der Waals surface area contributed by atoms with E-state index in [1.54, 1.807) is 0 Å². The maximum Gasteiger partial charge on any atom is 0.0273 e. The van der Waals surface area contributed by atoms with Crippen molar-refractivity contribution in [2.24, 2.45) is 9.98 Å². The summed E-state index contributed by atoms with van der Waals surface area (Å²) in [6.45, 7) is 7.09. The summed E-state index contributed by atoms with van der Waals surface area (Å²) in [5.41, 5.74) is 0. The molecule has 0 atom stereocenters. The van der Waals surface area contributed by atoms with Gasteiger partial charge in [-0.15, -0.1) is 0 Å². The maximum absolute atomic E-state index is 4.01. The van der Waals surface area contributed by atoms with Crippen LogP contribution in [-0.2, 0) is 0 Å². The Hall–Kier alpha value is -0.740. The summed E-state index contributed by atoms with van der Waals surface area (Å²) in [5, 5.41) is 0. The molecule has 0 amide bonds. The van der Waals surface area contributed by atoms with E-state index in [0.717, 1.165) is 25.9 Å². The highest BCUT2D eigenvalue weighted by Gasteiger charge is 2.14. The van der Waals surface area contributed by atoms with Crippen molar-refractivity contribution in [1.29, 1.82) is 0 Å². The van der Waals surface area contributed by atoms with Crippen LogP contribution in [0.15, 0.2) is 9.98 Å². The predicted molar refractivity (Wildman–Crippen MR) is 70.9 cm³/mol. The summed E-state index contributed by atoms with van der Waals surface area (Å²) in [6.07, 6.45) is 6.17. The van der Waals surface area contributed by atoms with Crippen LogP contribution in [0.25, 0.3) is 0 Å². The zero-order valence-electron chi connectivity index (χ0n) is 10.6. The average Bonchev–Trinajstić information content (AvgIpc) is 2.32. The molecule has 0 unspecified atom stereocenters. The minimum absolute atomic E-state index is 1.08. The fourth-order valence-corrected chi connectivity index (χ4v) is 1.98. The highest BCUT2D eigenvalue weighted by Crippen LogP contribution is 2.02. The van der Waals surface area contributed by atoms with Crippen LogP contribution < -0.4 is 0 Å². The molecule has 92 valence electrons. The monoisotopic (exact) mass is 224 g/mol. The molecule has 0 spiro atoms. The Kier molecular flexibility index (Phi) is 7.01. The number of rotatable bonds is 6. The molecule has 4 nitrogen and oxygen atoms in total. The minimum Gasteiger partial charge on any atom is -0.301 e. The molecular weight excluding hydrogens is 200 g/mol. The summed E-state index contributed by atoms with van der Waals surface area (Å²) >= 11 is 0. The zero-order chi connectivity index (χ0) is 11.6. The van der Waals surface area contributed by atoms with Gasteiger partial charge in [-0.1, -0.05) is 0 Å². The Morgan fingerprint density at radius 1 is 0.812 bits per heavy atom. The molecule has 0 aromatic rings. The Bertz CT molecular complexity index is 193. The summed E-state index contributed by atoms with van der Waals surface area (Å²) in [5.74, 6) is 0. The van der Waals surface area contributed by atoms with Gasteiger partial charge >= 0.3 is 0 Å². The Balaban J connectivity index is 2.08. The van der Waals surface area contributed by atoms with E-state index in [2.05, 4.69) is 19.8 Å². The fourth-order valence-electron chi connectivity index (χ4n) is 1.98. The summed E-state index contributed by atoms with van der Waals surface area (Å²) in [6, 6.07) is 0. The van der Waals surface area contributed by atoms with Crippen molar-refractivity contribution < 1.29 is 0 Å². The van der Waals surface area contributed by atoms with Gasteiger partial charge in [-0.2, -0.15) is 0 Å². The van der Waals surface area contributed by atoms with Crippen LogP contribution in [0.4, 0.5) is 0 Å². The van der Waals surface area contributed by atoms with E-state index >= 15 is 0 Å². The first-order chi connectivity index (χ1) is 7.86. The van der Waals surface area contributed by atoms with Gasteiger partial charge in [0.15, 0.2) is 0 Å². The number of aliphatic imine (C=N–C) groups is 2. The van der Waals surface area contributed by atoms with Gasteiger partial charge in [0.2, 0.25) is 0 Å². The van der Waals surface area contributed by atoms with E-state index in [9.17, 15) is 0 Å². The molecule has 0 N–H and O–H groups in total. The van der Waals surface area contributed by atoms with Gasteiger partial charge in [0.05, 0.1) is 0 Å². The first-order valence-corrected chi connectivity index (χ1v) is 6.12. The lowest BCUT2D eigenvalue weighted by atomic mass is 10.3. The lowest BCUT2D eigenvalue weighted by molar-refractivity contribution is 0.138. The SMILES string of the molecule is CN=CCCN1CCN(CCC=NC)CC1. The third kappa shape index (κ3) is 5.37. The Morgan fingerprint density at radius 3 is 1.50 bits per heavy atom. The Morgan fingerprint density at radius 2 is 1.19 bits per heavy atom. The molecule has 0 radical (unpaired) electrons. The number of hydrogen-bond acceptors (Lipinski definition) is 4. The lowest BCUT2D eigenvalue weighted by Crippen LogP contribution is -2.46. The van der Waals surface area contributed by atoms with Gasteiger partial charge in [0, 0.05) is 53.4 Å². The van der Waals surface area contributed by atoms with Gasteiger partial charge in [0.1, 0.15) is 0 Å². The summed E-state index contributed by atoms with van der Waals surface area (Å²) in [7, 11) is 3.68. The zero-order valence-corrected chi connectivity index (χ0v) is 10.6. The molecule has 0 aromatic heterocycles. The second-order valence-corrected chi connectivity index (χ2v) is 4.14. The Labute approximate surface area is 99.1 Å². The average molecular weight is 224 g/mol. The second-order valence-electron chi connectivity index (χ2n) is 4.14. The molecule has 0 aliphatic carbocycles. The van der Waals surface area contributed by atoms with Crippen molar-refractivity contribution in [3.8, 4) is 0 Å². The van der Waals surface area contributed by atoms with Crippen LogP contribution in [-0.4, -0.2) is 75.6 Å². The predicted octanol–water partition coefficient (Wildman–Crippen LogP) is 0.785. The van der Waals surface area contributed by atoms with Crippen LogP contribution in [0.2, 0.25) is 0 Å². The van der Waals surface area contributed by atoms with E-state index in [1.807, 2.05) is 26.5 Å². The van der Waals surface area contributed by atoms with E-state index in [0.29, 0.717) is 0 Å². The summed E-state index contributed by atoms with van der Waals surface area (Å²) < 4.78 is 0. The number of nitrogens with zero attached hydrogens (tertiary/aromatic N) is 4. The van der Waals surface area contributed by atoms with E-state index < -0.39 is 0 Å². The van der Waals surface area contributed by atoms with Gasteiger partial charge in [0.25, 0.3) is 0 Å². The molecule has 0 saturated carbocycles. The standard InChI is InChI=1S/C12H24N4/c1-13-5-3-7-15-9-11-16(12-10-15)8-4-6-14-2/h5-6H,3-4,7-12H2,1-2H3. The molecule has 1 saturated heterocycles. The van der Waals surface area contributed by atoms with Crippen LogP contribution in [0.3, 0.4) is 0 Å². The van der Waals surface area contributed by atoms with E-state index in [1.165, 1.54) is 26.2 Å². The molecule has 1 aliphatic heterocycles. The molecule has 16 heavy (non-hydrogen) atoms. The molecule has 1 rings (SSSR count). The molecular formula is C12H24N4. The van der Waals surface area contributed by atoms with Crippen LogP contribution in [0.1, 0.15) is 12.8 Å². The van der Waals surface area contributed by atoms with Gasteiger partial charge in [-0.3, -0.25) is 0 Å². The smallest absolute Gasteiger partial charge is 0.0273 e. The molecule has 4 heteroatoms. The third-order valence-electron chi connectivity index (χ3n) is 2.98. The van der Waals surface area contributed by atoms with Gasteiger partial charge < -0.3 is 19.8 Å². The molecule has 0 bridgehead atoms. The van der Waals surface area contributed by atoms with E-state index in [-0.39, 0.29) is 0 Å². The lowest BCUT2D eigenvalue weighted by Gasteiger charge is -2.34. The largest absolute Gasteiger partial charge is 0.301 e. The normalized spacial score (nSPS) is 20.1. The van der Waals surface area contributed by atoms with Crippen LogP contribution >= 0.6 is 0 Å². The molecule has 0 aromatic carbocycles. The molecule has 1 aliphatic rings. The second kappa shape index (κ2) is 8.42. The van der Waals surface area contributed by atoms with Crippen molar-refractivity contribution in [2.45, 2.75) is 12.8 Å². The fraction of sp³-hybridized carbons (Fsp3) is 0.833. The third-order valence-corrected chi connectivity index (χ3v) is 2.98. The summed E-state index contributed by atoms with van der Waals surface area (Å²) in [4.78, 5) is 13.1. The van der Waals surface area contributed by atoms with Gasteiger partial charge in [-0.05, 0) is 25.3 Å². The first-order valence-electron chi connectivity index (χ1n) is 6.12. The molecule has 1 heterocycles. The van der Waals surface area contributed by atoms with Crippen LogP contribution in [0.5, 0.6) is 0 Å². The van der Waals surface area contributed by atoms with Crippen molar-refractivity contribution >= 4 is 12.4 Å². The van der Waals surface area contributed by atoms with Crippen molar-refractivity contribution in [3.05, 3.63) is 0 Å². The van der Waals surface area contributed by atoms with Crippen LogP contribution in [0, 0.1) is 0 Å². The minimum atomic E-state index is 1.08. The van der Waals surface area contributed by atoms with Crippen molar-refractivity contribution in [2.75, 3.05) is 53.4 Å². The van der Waals surface area contributed by atoms with Crippen molar-refractivity contribution in [1.82, 2.24) is 9.80 Å². The number of piperazine rings is 1. The quantitative estimate of drug-likeness (QED) is 0.625. The first kappa shape index (κ1) is 13.3. The highest BCUT2D eigenvalue weighted by molar-refractivity contribution is 5.57. The number of hydrogen-bond donors (Lipinski definition) is 0. The topological polar surface area (TPSA) is 31.2 Å². The van der Waals surface area contributed by atoms with Crippen molar-refractivity contribution in [3.63, 3.8) is 0 Å². The van der Waals surface area contributed by atoms with E-state index in [4.69, 9.17) is 0 Å².